The van der Waals surface area contributed by atoms with Gasteiger partial charge in [-0.1, -0.05) is 0 Å². The molecule has 2 unspecified atom stereocenters. The lowest BCUT2D eigenvalue weighted by Crippen LogP contribution is -2.42. The number of carbonyl (C=O) groups is 1. The molecule has 11 nitrogen and oxygen atoms in total. The van der Waals surface area contributed by atoms with Gasteiger partial charge in [-0.15, -0.1) is 0 Å². The number of anilines is 1. The quantitative estimate of drug-likeness (QED) is 0.193. The number of pyridine rings is 1. The van der Waals surface area contributed by atoms with Crippen LogP contribution in [0.15, 0.2) is 48.4 Å². The second kappa shape index (κ2) is 14.2. The molecule has 3 aromatic rings. The zero-order valence-electron chi connectivity index (χ0n) is 25.7. The second-order valence-electron chi connectivity index (χ2n) is 12.4. The fourth-order valence-corrected chi connectivity index (χ4v) is 5.81. The maximum Gasteiger partial charge on any atom is 0.255 e. The SMILES string of the molecule is CC(C)(O)C(F)CNC(=O)c1cnc(-c2ccc3cc(C#N)cnn23)cc1NC1CCC(/C(C=N)=C/NC2CCCCO2)CC1. The van der Waals surface area contributed by atoms with Crippen LogP contribution in [-0.2, 0) is 4.74 Å². The van der Waals surface area contributed by atoms with Crippen molar-refractivity contribution in [1.29, 1.82) is 10.7 Å². The highest BCUT2D eigenvalue weighted by atomic mass is 19.1. The Hall–Kier alpha value is -4.34. The lowest BCUT2D eigenvalue weighted by atomic mass is 9.82. The number of amides is 1. The van der Waals surface area contributed by atoms with E-state index in [1.165, 1.54) is 32.5 Å². The van der Waals surface area contributed by atoms with Gasteiger partial charge in [-0.2, -0.15) is 10.4 Å². The molecule has 2 atom stereocenters. The summed E-state index contributed by atoms with van der Waals surface area (Å²) in [5, 5.41) is 41.1. The fourth-order valence-electron chi connectivity index (χ4n) is 5.81. The summed E-state index contributed by atoms with van der Waals surface area (Å²) in [6.07, 6.45) is 11.2. The first-order chi connectivity index (χ1) is 21.7. The number of allylic oxidation sites excluding steroid dienone is 1. The molecule has 2 aliphatic rings. The first kappa shape index (κ1) is 32.1. The summed E-state index contributed by atoms with van der Waals surface area (Å²) in [5.74, 6) is -0.258. The molecule has 1 aliphatic heterocycles. The number of rotatable bonds is 11. The van der Waals surface area contributed by atoms with E-state index < -0.39 is 17.7 Å². The van der Waals surface area contributed by atoms with Crippen molar-refractivity contribution in [2.45, 2.75) is 82.8 Å². The molecule has 5 rings (SSSR count). The Morgan fingerprint density at radius 3 is 2.73 bits per heavy atom. The van der Waals surface area contributed by atoms with Crippen LogP contribution < -0.4 is 16.0 Å². The molecule has 1 amide bonds. The average Bonchev–Trinajstić information content (AvgIpc) is 3.47. The van der Waals surface area contributed by atoms with Crippen molar-refractivity contribution in [1.82, 2.24) is 25.2 Å². The average molecular weight is 617 g/mol. The standard InChI is InChI=1S/C33H41FN8O3/c1-33(2,44)30(34)20-39-32(43)26-19-37-28(29-11-10-25-13-21(15-35)17-40-42(25)29)14-27(26)41-24-8-6-22(7-9-24)23(16-36)18-38-31-5-3-4-12-45-31/h10-11,13-14,16-19,22,24,30-31,36,38,44H,3-9,12,20H2,1-2H3,(H,37,41)(H,39,43)/b23-18+,36-16?. The van der Waals surface area contributed by atoms with Gasteiger partial charge in [0, 0.05) is 31.3 Å². The van der Waals surface area contributed by atoms with Crippen LogP contribution in [0.5, 0.6) is 0 Å². The summed E-state index contributed by atoms with van der Waals surface area (Å²) in [6.45, 7) is 3.13. The molecule has 2 fully saturated rings. The summed E-state index contributed by atoms with van der Waals surface area (Å²) in [5.41, 5.74) is 2.63. The molecule has 4 heterocycles. The normalized spacial score (nSPS) is 21.5. The van der Waals surface area contributed by atoms with Crippen LogP contribution in [0, 0.1) is 22.7 Å². The Bertz CT molecular complexity index is 1580. The number of alkyl halides is 1. The Labute approximate surface area is 262 Å². The molecule has 238 valence electrons. The summed E-state index contributed by atoms with van der Waals surface area (Å²) in [4.78, 5) is 17.8. The molecular formula is C33H41FN8O3. The van der Waals surface area contributed by atoms with Crippen molar-refractivity contribution in [2.24, 2.45) is 5.92 Å². The minimum absolute atomic E-state index is 0.00501. The van der Waals surface area contributed by atoms with E-state index in [9.17, 15) is 19.6 Å². The second-order valence-corrected chi connectivity index (χ2v) is 12.4. The van der Waals surface area contributed by atoms with Gasteiger partial charge < -0.3 is 31.2 Å². The summed E-state index contributed by atoms with van der Waals surface area (Å²) in [7, 11) is 0. The largest absolute Gasteiger partial charge is 0.387 e. The molecule has 0 bridgehead atoms. The van der Waals surface area contributed by atoms with Gasteiger partial charge in [-0.25, -0.2) is 8.91 Å². The van der Waals surface area contributed by atoms with E-state index in [1.54, 1.807) is 16.6 Å². The van der Waals surface area contributed by atoms with Gasteiger partial charge in [0.05, 0.1) is 52.1 Å². The number of nitriles is 1. The van der Waals surface area contributed by atoms with Crippen LogP contribution in [0.1, 0.15) is 74.7 Å². The highest BCUT2D eigenvalue weighted by Crippen LogP contribution is 2.33. The van der Waals surface area contributed by atoms with Crippen LogP contribution in [0.4, 0.5) is 10.1 Å². The van der Waals surface area contributed by atoms with Crippen molar-refractivity contribution < 1.29 is 19.0 Å². The molecule has 0 spiro atoms. The topological polar surface area (TPSA) is 160 Å². The van der Waals surface area contributed by atoms with Gasteiger partial charge in [0.15, 0.2) is 0 Å². The number of carbonyl (C=O) groups excluding carboxylic acids is 1. The number of nitrogens with zero attached hydrogens (tertiary/aromatic N) is 4. The third kappa shape index (κ3) is 7.85. The predicted octanol–water partition coefficient (Wildman–Crippen LogP) is 4.73. The molecule has 1 aliphatic carbocycles. The van der Waals surface area contributed by atoms with Gasteiger partial charge in [-0.3, -0.25) is 9.78 Å². The van der Waals surface area contributed by atoms with Gasteiger partial charge in [0.25, 0.3) is 5.91 Å². The molecule has 0 aromatic carbocycles. The zero-order chi connectivity index (χ0) is 32.0. The van der Waals surface area contributed by atoms with E-state index in [1.807, 2.05) is 18.3 Å². The van der Waals surface area contributed by atoms with E-state index in [-0.39, 0.29) is 30.3 Å². The molecule has 1 saturated heterocycles. The Morgan fingerprint density at radius 2 is 2.04 bits per heavy atom. The summed E-state index contributed by atoms with van der Waals surface area (Å²) >= 11 is 0. The third-order valence-electron chi connectivity index (χ3n) is 8.59. The van der Waals surface area contributed by atoms with Crippen LogP contribution in [0.25, 0.3) is 16.9 Å². The lowest BCUT2D eigenvalue weighted by molar-refractivity contribution is -0.00178. The first-order valence-corrected chi connectivity index (χ1v) is 15.5. The number of hydrogen-bond acceptors (Lipinski definition) is 9. The van der Waals surface area contributed by atoms with Crippen LogP contribution in [0.2, 0.25) is 0 Å². The maximum atomic E-state index is 14.4. The summed E-state index contributed by atoms with van der Waals surface area (Å²) < 4.78 is 21.9. The zero-order valence-corrected chi connectivity index (χ0v) is 25.7. The van der Waals surface area contributed by atoms with Crippen molar-refractivity contribution in [3.63, 3.8) is 0 Å². The monoisotopic (exact) mass is 616 g/mol. The van der Waals surface area contributed by atoms with Crippen molar-refractivity contribution >= 4 is 23.3 Å². The van der Waals surface area contributed by atoms with E-state index >= 15 is 0 Å². The van der Waals surface area contributed by atoms with E-state index in [0.29, 0.717) is 22.6 Å². The Balaban J connectivity index is 1.34. The molecule has 45 heavy (non-hydrogen) atoms. The number of aromatic nitrogens is 3. The van der Waals surface area contributed by atoms with Crippen LogP contribution >= 0.6 is 0 Å². The summed E-state index contributed by atoms with van der Waals surface area (Å²) in [6, 6.07) is 9.40. The molecule has 5 N–H and O–H groups in total. The van der Waals surface area contributed by atoms with Crippen LogP contribution in [0.3, 0.4) is 0 Å². The van der Waals surface area contributed by atoms with Crippen LogP contribution in [-0.4, -0.2) is 69.0 Å². The highest BCUT2D eigenvalue weighted by Gasteiger charge is 2.28. The number of fused-ring (bicyclic) bond motifs is 1. The van der Waals surface area contributed by atoms with E-state index in [4.69, 9.17) is 10.1 Å². The number of hydrogen-bond donors (Lipinski definition) is 5. The smallest absolute Gasteiger partial charge is 0.255 e. The highest BCUT2D eigenvalue weighted by molar-refractivity contribution is 6.00. The number of ether oxygens (including phenoxy) is 1. The number of nitrogens with one attached hydrogen (secondary N) is 4. The number of aliphatic hydroxyl groups is 1. The molecule has 3 aromatic heterocycles. The molecule has 1 saturated carbocycles. The van der Waals surface area contributed by atoms with E-state index in [2.05, 4.69) is 32.1 Å². The fraction of sp³-hybridized carbons (Fsp3) is 0.485. The maximum absolute atomic E-state index is 14.4. The predicted molar refractivity (Wildman–Crippen MR) is 170 cm³/mol. The van der Waals surface area contributed by atoms with Crippen molar-refractivity contribution in [3.8, 4) is 17.5 Å². The Morgan fingerprint density at radius 1 is 1.24 bits per heavy atom. The molecule has 0 radical (unpaired) electrons. The van der Waals surface area contributed by atoms with E-state index in [0.717, 1.165) is 62.6 Å². The Kier molecular flexibility index (Phi) is 10.1. The van der Waals surface area contributed by atoms with Crippen molar-refractivity contribution in [3.05, 3.63) is 59.6 Å². The minimum atomic E-state index is -1.65. The van der Waals surface area contributed by atoms with Gasteiger partial charge >= 0.3 is 0 Å². The molecule has 12 heteroatoms. The van der Waals surface area contributed by atoms with Gasteiger partial charge in [-0.05, 0) is 94.5 Å². The first-order valence-electron chi connectivity index (χ1n) is 15.5. The minimum Gasteiger partial charge on any atom is -0.387 e. The van der Waals surface area contributed by atoms with Gasteiger partial charge in [0.2, 0.25) is 0 Å². The van der Waals surface area contributed by atoms with Crippen molar-refractivity contribution in [2.75, 3.05) is 18.5 Å². The number of halogens is 1. The lowest BCUT2D eigenvalue weighted by Gasteiger charge is -2.31. The van der Waals surface area contributed by atoms with Gasteiger partial charge in [0.1, 0.15) is 18.5 Å². The third-order valence-corrected chi connectivity index (χ3v) is 8.59. The molecular weight excluding hydrogens is 575 g/mol.